The number of unbranched alkanes of at least 4 members (excludes halogenated alkanes) is 5. The molecule has 4 heteroatoms. The predicted molar refractivity (Wildman–Crippen MR) is 102 cm³/mol. The molecular weight excluding hydrogens is 298 g/mol. The summed E-state index contributed by atoms with van der Waals surface area (Å²) in [7, 11) is 3.79. The lowest BCUT2D eigenvalue weighted by molar-refractivity contribution is -0.109. The van der Waals surface area contributed by atoms with Gasteiger partial charge in [0.15, 0.2) is 0 Å². The first kappa shape index (κ1) is 23.4. The third kappa shape index (κ3) is 28.9. The van der Waals surface area contributed by atoms with E-state index >= 15 is 0 Å². The predicted octanol–water partition coefficient (Wildman–Crippen LogP) is 5.92. The van der Waals surface area contributed by atoms with Crippen LogP contribution < -0.4 is 5.32 Å². The molecule has 0 rings (SSSR count). The minimum Gasteiger partial charge on any atom is -0.358 e. The number of rotatable bonds is 14. The van der Waals surface area contributed by atoms with Gasteiger partial charge >= 0.3 is 0 Å². The maximum Gasteiger partial charge on any atom is 0.207 e. The van der Waals surface area contributed by atoms with Crippen molar-refractivity contribution < 1.29 is 4.79 Å². The van der Waals surface area contributed by atoms with Crippen LogP contribution in [-0.2, 0) is 4.79 Å². The van der Waals surface area contributed by atoms with E-state index in [4.69, 9.17) is 0 Å². The van der Waals surface area contributed by atoms with Crippen molar-refractivity contribution in [3.63, 3.8) is 0 Å². The van der Waals surface area contributed by atoms with Gasteiger partial charge in [0.05, 0.1) is 0 Å². The molecule has 0 heterocycles. The number of hydrogen-bond donors (Lipinski definition) is 1. The molecule has 0 aliphatic heterocycles. The summed E-state index contributed by atoms with van der Waals surface area (Å²) in [5.74, 6) is 3.11. The van der Waals surface area contributed by atoms with Crippen LogP contribution in [0.1, 0.15) is 79.1 Å². The van der Waals surface area contributed by atoms with Crippen molar-refractivity contribution in [1.29, 1.82) is 0 Å². The van der Waals surface area contributed by atoms with Crippen molar-refractivity contribution in [1.82, 2.24) is 5.32 Å². The fourth-order valence-electron chi connectivity index (χ4n) is 1.70. The lowest BCUT2D eigenvalue weighted by Gasteiger charge is -2.04. The molecule has 0 atom stereocenters. The van der Waals surface area contributed by atoms with E-state index in [1.54, 1.807) is 0 Å². The zero-order chi connectivity index (χ0) is 16.2. The molecule has 0 spiro atoms. The largest absolute Gasteiger partial charge is 0.358 e. The van der Waals surface area contributed by atoms with Crippen LogP contribution in [0.25, 0.3) is 0 Å². The molecule has 0 aliphatic rings. The van der Waals surface area contributed by atoms with Gasteiger partial charge in [-0.05, 0) is 12.3 Å². The van der Waals surface area contributed by atoms with Gasteiger partial charge in [-0.3, -0.25) is 4.79 Å². The van der Waals surface area contributed by atoms with Crippen LogP contribution in [0.15, 0.2) is 0 Å². The second-order valence-corrected chi connectivity index (χ2v) is 8.37. The lowest BCUT2D eigenvalue weighted by atomic mass is 10.0. The minimum atomic E-state index is 0.764. The number of nitrogens with one attached hydrogen (secondary N) is 1. The highest BCUT2D eigenvalue weighted by Crippen LogP contribution is 2.22. The van der Waals surface area contributed by atoms with Gasteiger partial charge in [-0.15, -0.1) is 0 Å². The molecule has 128 valence electrons. The third-order valence-electron chi connectivity index (χ3n) is 2.96. The van der Waals surface area contributed by atoms with Crippen molar-refractivity contribution in [2.24, 2.45) is 5.92 Å². The summed E-state index contributed by atoms with van der Waals surface area (Å²) in [4.78, 5) is 9.96. The van der Waals surface area contributed by atoms with Crippen molar-refractivity contribution in [2.45, 2.75) is 79.1 Å². The van der Waals surface area contributed by atoms with Crippen LogP contribution in [0, 0.1) is 5.92 Å². The van der Waals surface area contributed by atoms with Gasteiger partial charge in [-0.25, -0.2) is 0 Å². The van der Waals surface area contributed by atoms with Crippen molar-refractivity contribution in [2.75, 3.05) is 18.1 Å². The lowest BCUT2D eigenvalue weighted by Crippen LogP contribution is -2.13. The maximum atomic E-state index is 9.96. The summed E-state index contributed by atoms with van der Waals surface area (Å²) in [5, 5.41) is 2.66. The number of carbonyl (C=O) groups is 1. The van der Waals surface area contributed by atoms with Crippen LogP contribution in [0.3, 0.4) is 0 Å². The normalized spacial score (nSPS) is 10.1. The van der Waals surface area contributed by atoms with Crippen LogP contribution in [0.2, 0.25) is 0 Å². The van der Waals surface area contributed by atoms with Gasteiger partial charge in [0.25, 0.3) is 0 Å². The Labute approximate surface area is 141 Å². The molecule has 0 fully saturated rings. The smallest absolute Gasteiger partial charge is 0.207 e. The van der Waals surface area contributed by atoms with Crippen LogP contribution >= 0.6 is 21.6 Å². The van der Waals surface area contributed by atoms with E-state index in [2.05, 4.69) is 33.0 Å². The average molecular weight is 336 g/mol. The van der Waals surface area contributed by atoms with E-state index in [-0.39, 0.29) is 0 Å². The minimum absolute atomic E-state index is 0.764. The summed E-state index contributed by atoms with van der Waals surface area (Å²) in [6.07, 6.45) is 11.7. The molecule has 0 radical (unpaired) electrons. The topological polar surface area (TPSA) is 29.1 Å². The molecule has 0 unspecified atom stereocenters. The standard InChI is InChI=1S/C12H25NOS2.C5H12/c1-12(2)7-5-3-4-6-9-15-16-10-8-13-11-14;1-3-5-4-2/h11-12H,3-10H2,1-2H3,(H,13,14);3-5H2,1-2H3. The maximum absolute atomic E-state index is 9.96. The first-order valence-electron chi connectivity index (χ1n) is 8.60. The fourth-order valence-corrected chi connectivity index (χ4v) is 3.77. The average Bonchev–Trinajstić information content (AvgIpc) is 2.46. The molecule has 0 aliphatic carbocycles. The summed E-state index contributed by atoms with van der Waals surface area (Å²) in [6, 6.07) is 0. The summed E-state index contributed by atoms with van der Waals surface area (Å²) >= 11 is 0. The summed E-state index contributed by atoms with van der Waals surface area (Å²) in [5.41, 5.74) is 0. The third-order valence-corrected chi connectivity index (χ3v) is 5.46. The van der Waals surface area contributed by atoms with Crippen molar-refractivity contribution in [3.05, 3.63) is 0 Å². The van der Waals surface area contributed by atoms with E-state index < -0.39 is 0 Å². The molecule has 2 nitrogen and oxygen atoms in total. The molecule has 0 aromatic carbocycles. The van der Waals surface area contributed by atoms with Gasteiger partial charge < -0.3 is 5.32 Å². The van der Waals surface area contributed by atoms with E-state index in [0.29, 0.717) is 0 Å². The molecule has 21 heavy (non-hydrogen) atoms. The van der Waals surface area contributed by atoms with Crippen molar-refractivity contribution >= 4 is 28.0 Å². The Bertz CT molecular complexity index is 188. The monoisotopic (exact) mass is 335 g/mol. The highest BCUT2D eigenvalue weighted by atomic mass is 33.1. The van der Waals surface area contributed by atoms with Gasteiger partial charge in [-0.2, -0.15) is 0 Å². The van der Waals surface area contributed by atoms with Crippen LogP contribution in [0.4, 0.5) is 0 Å². The number of amides is 1. The molecular formula is C17H37NOS2. The Kier molecular flexibility index (Phi) is 25.1. The first-order chi connectivity index (χ1) is 10.2. The summed E-state index contributed by atoms with van der Waals surface area (Å²) < 4.78 is 0. The Hall–Kier alpha value is 0.170. The SMILES string of the molecule is CC(C)CCCCCCSSCCNC=O.CCCCC. The van der Waals surface area contributed by atoms with E-state index in [1.165, 1.54) is 57.1 Å². The number of carbonyl (C=O) groups excluding carboxylic acids is 1. The molecule has 0 bridgehead atoms. The Morgan fingerprint density at radius 1 is 0.905 bits per heavy atom. The first-order valence-corrected chi connectivity index (χ1v) is 11.1. The molecule has 0 aromatic rings. The molecule has 1 amide bonds. The van der Waals surface area contributed by atoms with Crippen LogP contribution in [0.5, 0.6) is 0 Å². The molecule has 0 aromatic heterocycles. The van der Waals surface area contributed by atoms with Gasteiger partial charge in [0.2, 0.25) is 6.41 Å². The second-order valence-electron chi connectivity index (χ2n) is 5.67. The van der Waals surface area contributed by atoms with Gasteiger partial charge in [0, 0.05) is 18.1 Å². The zero-order valence-electron chi connectivity index (χ0n) is 14.7. The van der Waals surface area contributed by atoms with E-state index in [0.717, 1.165) is 24.6 Å². The van der Waals surface area contributed by atoms with Gasteiger partial charge in [-0.1, -0.05) is 94.2 Å². The van der Waals surface area contributed by atoms with Crippen LogP contribution in [-0.4, -0.2) is 24.5 Å². The molecule has 0 saturated heterocycles. The molecule has 1 N–H and O–H groups in total. The van der Waals surface area contributed by atoms with Crippen molar-refractivity contribution in [3.8, 4) is 0 Å². The second kappa shape index (κ2) is 22.5. The quantitative estimate of drug-likeness (QED) is 0.243. The summed E-state index contributed by atoms with van der Waals surface area (Å²) in [6.45, 7) is 9.79. The Balaban J connectivity index is 0. The Morgan fingerprint density at radius 2 is 1.52 bits per heavy atom. The van der Waals surface area contributed by atoms with E-state index in [1.807, 2.05) is 21.6 Å². The zero-order valence-corrected chi connectivity index (χ0v) is 16.3. The fraction of sp³-hybridized carbons (Fsp3) is 0.941. The highest BCUT2D eigenvalue weighted by Gasteiger charge is 1.95. The highest BCUT2D eigenvalue weighted by molar-refractivity contribution is 8.76. The van der Waals surface area contributed by atoms with E-state index in [9.17, 15) is 4.79 Å². The van der Waals surface area contributed by atoms with Gasteiger partial charge in [0.1, 0.15) is 0 Å². The molecule has 0 saturated carbocycles. The Morgan fingerprint density at radius 3 is 2.05 bits per heavy atom. The number of hydrogen-bond acceptors (Lipinski definition) is 3.